The predicted molar refractivity (Wildman–Crippen MR) is 80.6 cm³/mol. The van der Waals surface area contributed by atoms with Gasteiger partial charge >= 0.3 is 0 Å². The molecule has 0 amide bonds. The van der Waals surface area contributed by atoms with Crippen molar-refractivity contribution >= 4 is 0 Å². The largest absolute Gasteiger partial charge is 0.378 e. The van der Waals surface area contributed by atoms with Gasteiger partial charge in [-0.05, 0) is 56.7 Å². The summed E-state index contributed by atoms with van der Waals surface area (Å²) in [4.78, 5) is 0. The Morgan fingerprint density at radius 1 is 1.21 bits per heavy atom. The first-order chi connectivity index (χ1) is 9.31. The summed E-state index contributed by atoms with van der Waals surface area (Å²) in [6.07, 6.45) is 7.59. The summed E-state index contributed by atoms with van der Waals surface area (Å²) in [6, 6.07) is 9.56. The molecular formula is C17H27NO. The van der Waals surface area contributed by atoms with Crippen LogP contribution in [0.25, 0.3) is 0 Å². The Labute approximate surface area is 117 Å². The maximum atomic E-state index is 5.84. The Hall–Kier alpha value is -0.860. The summed E-state index contributed by atoms with van der Waals surface area (Å²) in [7, 11) is 2.06. The highest BCUT2D eigenvalue weighted by Crippen LogP contribution is 2.19. The summed E-state index contributed by atoms with van der Waals surface area (Å²) in [6.45, 7) is 3.15. The second kappa shape index (κ2) is 7.66. The zero-order valence-electron chi connectivity index (χ0n) is 12.3. The highest BCUT2D eigenvalue weighted by atomic mass is 16.5. The van der Waals surface area contributed by atoms with Crippen molar-refractivity contribution in [2.45, 2.75) is 57.6 Å². The van der Waals surface area contributed by atoms with Gasteiger partial charge < -0.3 is 10.1 Å². The average molecular weight is 261 g/mol. The minimum atomic E-state index is 0.459. The molecule has 2 atom stereocenters. The Morgan fingerprint density at radius 2 is 1.95 bits per heavy atom. The molecule has 0 aliphatic carbocycles. The van der Waals surface area contributed by atoms with Crippen molar-refractivity contribution in [2.75, 3.05) is 13.7 Å². The third-order valence-corrected chi connectivity index (χ3v) is 4.14. The Morgan fingerprint density at radius 3 is 2.53 bits per heavy atom. The molecule has 106 valence electrons. The molecular weight excluding hydrogens is 234 g/mol. The van der Waals surface area contributed by atoms with Crippen molar-refractivity contribution in [2.24, 2.45) is 0 Å². The fraction of sp³-hybridized carbons (Fsp3) is 0.647. The topological polar surface area (TPSA) is 21.3 Å². The number of aryl methyl sites for hydroxylation is 1. The minimum Gasteiger partial charge on any atom is -0.378 e. The summed E-state index contributed by atoms with van der Waals surface area (Å²) in [5.74, 6) is 0. The number of nitrogens with one attached hydrogen (secondary N) is 1. The molecule has 1 heterocycles. The van der Waals surface area contributed by atoms with E-state index in [1.54, 1.807) is 0 Å². The van der Waals surface area contributed by atoms with Crippen molar-refractivity contribution in [3.8, 4) is 0 Å². The maximum absolute atomic E-state index is 5.84. The van der Waals surface area contributed by atoms with E-state index in [0.29, 0.717) is 12.1 Å². The third kappa shape index (κ3) is 4.63. The van der Waals surface area contributed by atoms with Crippen LogP contribution in [-0.4, -0.2) is 25.8 Å². The van der Waals surface area contributed by atoms with Gasteiger partial charge in [-0.3, -0.25) is 0 Å². The van der Waals surface area contributed by atoms with Crippen LogP contribution in [0.3, 0.4) is 0 Å². The summed E-state index contributed by atoms with van der Waals surface area (Å²) < 4.78 is 5.84. The molecule has 0 saturated carbocycles. The maximum Gasteiger partial charge on any atom is 0.0590 e. The van der Waals surface area contributed by atoms with Crippen molar-refractivity contribution in [3.63, 3.8) is 0 Å². The first-order valence-electron chi connectivity index (χ1n) is 7.68. The van der Waals surface area contributed by atoms with Crippen molar-refractivity contribution < 1.29 is 4.74 Å². The van der Waals surface area contributed by atoms with E-state index in [4.69, 9.17) is 4.74 Å². The lowest BCUT2D eigenvalue weighted by Gasteiger charge is -2.27. The van der Waals surface area contributed by atoms with Gasteiger partial charge in [0.2, 0.25) is 0 Å². The number of ether oxygens (including phenoxy) is 1. The van der Waals surface area contributed by atoms with Gasteiger partial charge in [0, 0.05) is 12.6 Å². The molecule has 1 aliphatic rings. The second-order valence-corrected chi connectivity index (χ2v) is 5.58. The Balaban J connectivity index is 1.86. The third-order valence-electron chi connectivity index (χ3n) is 4.14. The molecule has 0 radical (unpaired) electrons. The van der Waals surface area contributed by atoms with E-state index in [-0.39, 0.29) is 0 Å². The van der Waals surface area contributed by atoms with Crippen LogP contribution in [0.4, 0.5) is 0 Å². The van der Waals surface area contributed by atoms with Crippen molar-refractivity contribution in [3.05, 3.63) is 35.4 Å². The fourth-order valence-corrected chi connectivity index (χ4v) is 2.81. The van der Waals surface area contributed by atoms with E-state index in [1.165, 1.54) is 30.4 Å². The van der Waals surface area contributed by atoms with Gasteiger partial charge in [0.25, 0.3) is 0 Å². The molecule has 0 spiro atoms. The monoisotopic (exact) mass is 261 g/mol. The molecule has 19 heavy (non-hydrogen) atoms. The number of benzene rings is 1. The van der Waals surface area contributed by atoms with Gasteiger partial charge in [-0.15, -0.1) is 0 Å². The molecule has 1 N–H and O–H groups in total. The van der Waals surface area contributed by atoms with Gasteiger partial charge in [0.05, 0.1) is 6.10 Å². The van der Waals surface area contributed by atoms with Crippen LogP contribution in [0.2, 0.25) is 0 Å². The smallest absolute Gasteiger partial charge is 0.0590 e. The van der Waals surface area contributed by atoms with E-state index in [1.807, 2.05) is 0 Å². The van der Waals surface area contributed by atoms with Crippen LogP contribution in [0.5, 0.6) is 0 Å². The number of hydrogen-bond acceptors (Lipinski definition) is 2. The molecule has 2 heteroatoms. The molecule has 2 nitrogen and oxygen atoms in total. The molecule has 1 aromatic rings. The number of hydrogen-bond donors (Lipinski definition) is 1. The van der Waals surface area contributed by atoms with E-state index < -0.39 is 0 Å². The lowest BCUT2D eigenvalue weighted by molar-refractivity contribution is 0.00569. The quantitative estimate of drug-likeness (QED) is 0.848. The highest BCUT2D eigenvalue weighted by Gasteiger charge is 2.18. The van der Waals surface area contributed by atoms with Crippen LogP contribution < -0.4 is 5.32 Å². The van der Waals surface area contributed by atoms with Crippen LogP contribution in [0.15, 0.2) is 24.3 Å². The van der Waals surface area contributed by atoms with E-state index in [2.05, 4.69) is 43.6 Å². The average Bonchev–Trinajstić information content (AvgIpc) is 2.48. The van der Waals surface area contributed by atoms with Gasteiger partial charge in [-0.2, -0.15) is 0 Å². The van der Waals surface area contributed by atoms with Crippen LogP contribution >= 0.6 is 0 Å². The highest BCUT2D eigenvalue weighted by molar-refractivity contribution is 5.23. The van der Waals surface area contributed by atoms with Crippen molar-refractivity contribution in [1.82, 2.24) is 5.32 Å². The van der Waals surface area contributed by atoms with E-state index in [0.717, 1.165) is 25.9 Å². The lowest BCUT2D eigenvalue weighted by Crippen LogP contribution is -2.34. The van der Waals surface area contributed by atoms with Gasteiger partial charge in [-0.1, -0.05) is 31.2 Å². The van der Waals surface area contributed by atoms with Crippen LogP contribution in [-0.2, 0) is 17.6 Å². The molecule has 1 fully saturated rings. The number of rotatable bonds is 6. The molecule has 0 bridgehead atoms. The normalized spacial score (nSPS) is 21.3. The molecule has 1 aromatic carbocycles. The standard InChI is InChI=1S/C17H27NO/c1-3-14-7-9-15(10-8-14)12-16(18-2)13-17-6-4-5-11-19-17/h7-10,16-18H,3-6,11-13H2,1-2H3. The minimum absolute atomic E-state index is 0.459. The zero-order valence-corrected chi connectivity index (χ0v) is 12.3. The first kappa shape index (κ1) is 14.5. The summed E-state index contributed by atoms with van der Waals surface area (Å²) in [5, 5.41) is 3.45. The Kier molecular flexibility index (Phi) is 5.87. The fourth-order valence-electron chi connectivity index (χ4n) is 2.81. The summed E-state index contributed by atoms with van der Waals surface area (Å²) in [5.41, 5.74) is 2.84. The van der Waals surface area contributed by atoms with E-state index in [9.17, 15) is 0 Å². The molecule has 0 aromatic heterocycles. The number of likely N-dealkylation sites (N-methyl/N-ethyl adjacent to an activating group) is 1. The zero-order chi connectivity index (χ0) is 13.5. The second-order valence-electron chi connectivity index (χ2n) is 5.58. The summed E-state index contributed by atoms with van der Waals surface area (Å²) >= 11 is 0. The van der Waals surface area contributed by atoms with Gasteiger partial charge in [-0.25, -0.2) is 0 Å². The first-order valence-corrected chi connectivity index (χ1v) is 7.68. The van der Waals surface area contributed by atoms with Crippen molar-refractivity contribution in [1.29, 1.82) is 0 Å². The predicted octanol–water partition coefficient (Wildman–Crippen LogP) is 3.34. The van der Waals surface area contributed by atoms with Gasteiger partial charge in [0.1, 0.15) is 0 Å². The SMILES string of the molecule is CCc1ccc(CC(CC2CCCCO2)NC)cc1. The molecule has 2 unspecified atom stereocenters. The molecule has 2 rings (SSSR count). The van der Waals surface area contributed by atoms with Crippen LogP contribution in [0, 0.1) is 0 Å². The van der Waals surface area contributed by atoms with Gasteiger partial charge in [0.15, 0.2) is 0 Å². The molecule has 1 saturated heterocycles. The lowest BCUT2D eigenvalue weighted by atomic mass is 9.96. The van der Waals surface area contributed by atoms with Crippen LogP contribution in [0.1, 0.15) is 43.7 Å². The Bertz CT molecular complexity index is 354. The molecule has 1 aliphatic heterocycles. The van der Waals surface area contributed by atoms with E-state index >= 15 is 0 Å².